The largest absolute Gasteiger partial charge is 0.394 e. The molecule has 0 amide bonds. The highest BCUT2D eigenvalue weighted by Crippen LogP contribution is 2.41. The Balaban J connectivity index is 1.30. The van der Waals surface area contributed by atoms with Gasteiger partial charge in [0.2, 0.25) is 0 Å². The van der Waals surface area contributed by atoms with Gasteiger partial charge in [-0.2, -0.15) is 25.3 Å². The summed E-state index contributed by atoms with van der Waals surface area (Å²) >= 11 is 0. The van der Waals surface area contributed by atoms with Gasteiger partial charge in [0.1, 0.15) is 152 Å². The molecule has 22 aliphatic heterocycles. The molecule has 0 saturated carbocycles. The maximum atomic E-state index is 12.9. The van der Waals surface area contributed by atoms with Crippen LogP contribution in [-0.4, -0.2) is 360 Å². The number of hydrogen-bond donors (Lipinski definition) is 20. The van der Waals surface area contributed by atoms with Crippen LogP contribution in [0.3, 0.4) is 0 Å². The molecule has 22 rings (SSSR count). The molecule has 80 heavy (non-hydrogen) atoms. The highest BCUT2D eigenvalue weighted by atomic mass is 32.3. The van der Waals surface area contributed by atoms with Crippen LogP contribution in [0.4, 0.5) is 0 Å². The van der Waals surface area contributed by atoms with Gasteiger partial charge in [0.25, 0.3) is 10.1 Å². The van der Waals surface area contributed by atoms with Crippen molar-refractivity contribution < 1.29 is 187 Å². The van der Waals surface area contributed by atoms with Crippen LogP contribution >= 0.6 is 0 Å². The lowest BCUT2D eigenvalue weighted by Gasteiger charge is -2.51. The van der Waals surface area contributed by atoms with Gasteiger partial charge in [-0.15, -0.1) is 0 Å². The zero-order valence-corrected chi connectivity index (χ0v) is 43.1. The van der Waals surface area contributed by atoms with E-state index in [0.717, 1.165) is 0 Å². The van der Waals surface area contributed by atoms with Gasteiger partial charge in [0.05, 0.1) is 39.6 Å². The minimum Gasteiger partial charge on any atom is -0.394 e. The summed E-state index contributed by atoms with van der Waals surface area (Å²) in [5.74, 6) is -2.84. The number of aliphatic hydroxyl groups excluding tert-OH is 17. The van der Waals surface area contributed by atoms with Crippen molar-refractivity contribution in [1.82, 2.24) is 0 Å². The first-order valence-electron chi connectivity index (χ1n) is 23.9. The Hall–Kier alpha value is -1.47. The molecule has 0 unspecified atom stereocenters. The first-order valence-corrected chi connectivity index (χ1v) is 28.4. The molecule has 30 atom stereocenters. The standard InChI is InChI=1S/C38H64O39S3/c39-1-8-25-14(45)19(50)32(65-8)72-26-9(2-40)67-34(21(52)16(26)47)74-28-11(4-42)69-36(23(54)18(28)49)76-30-13(6-44)70-37(24(55)31(30)77-38(79(59,60)61,80(62,63)64)7-78(56,57)58)75-29-12(5-43)68-35(22(53)17(29)48)73-27-10(3-41)66-33(71-25)20(51)15(27)46/h8-37,39-55H,1-7H2,(H,56,57,58)(H,59,60,61)(H,62,63,64)/t8-,9-,10-,11-,12-,13-,14-,15-,16-,17-,18-,19-,20-,21-,22-,23-,24-,25-,26-,27-,28-,29-,30+,31-,32-,33-,34-,35-,36-,37-/m1/s1. The van der Waals surface area contributed by atoms with E-state index in [0.29, 0.717) is 0 Å². The molecule has 22 saturated heterocycles. The number of rotatable bonds is 12. The van der Waals surface area contributed by atoms with Gasteiger partial charge in [-0.25, -0.2) is 0 Å². The molecular formula is C38H64O39S3. The lowest BCUT2D eigenvalue weighted by Crippen LogP contribution is -2.70. The molecule has 0 aromatic heterocycles. The van der Waals surface area contributed by atoms with Crippen LogP contribution in [0.15, 0.2) is 0 Å². The van der Waals surface area contributed by atoms with Crippen molar-refractivity contribution in [3.8, 4) is 0 Å². The lowest BCUT2D eigenvalue weighted by atomic mass is 9.94. The van der Waals surface area contributed by atoms with E-state index in [1.165, 1.54) is 0 Å². The van der Waals surface area contributed by atoms with Crippen LogP contribution in [0.2, 0.25) is 0 Å². The summed E-state index contributed by atoms with van der Waals surface area (Å²) in [6, 6.07) is 0. The molecule has 20 N–H and O–H groups in total. The third-order valence-corrected chi connectivity index (χ3v) is 18.6. The molecular weight excluding hydrogens is 1180 g/mol. The van der Waals surface area contributed by atoms with E-state index in [1.807, 2.05) is 0 Å². The Bertz CT molecular complexity index is 2330. The van der Waals surface area contributed by atoms with E-state index in [2.05, 4.69) is 0 Å². The zero-order valence-electron chi connectivity index (χ0n) is 40.7. The fraction of sp³-hybridized carbons (Fsp3) is 1.00. The molecule has 0 spiro atoms. The SMILES string of the molecule is O=S(=O)(O)CC(O[C@@H]1[C@@H](O)[C@H]2O[C@H]3[C@H](O)[C@@H](O)[C@@H](O[C@H]4[C@H](O)[C@@H](O)[C@@H](O[C@H]5[C@H](O)[C@@H](O)[C@@H](O[C@H]6[C@H](O)[C@@H](O)[C@@H](O[C@H]7[C@H](O)[C@@H](O)[C@@H](O[C@H]1[C@@H](CO)O2)O[C@@H]7CO)O[C@@H]6CO)O[C@@H]5CO)O[C@@H]4CO)O[C@@H]3CO)(S(=O)(=O)O)S(=O)(=O)O. The molecule has 22 fully saturated rings. The summed E-state index contributed by atoms with van der Waals surface area (Å²) in [5, 5.41) is 188. The normalized spacial score (nSPS) is 48.6. The Morgan fingerprint density at radius 3 is 0.700 bits per heavy atom. The summed E-state index contributed by atoms with van der Waals surface area (Å²) in [6.45, 7) is -7.53. The molecule has 22 aliphatic rings. The topological polar surface area (TPSA) is 627 Å². The summed E-state index contributed by atoms with van der Waals surface area (Å²) in [5.41, 5.74) is 0. The molecule has 42 heteroatoms. The number of ether oxygens (including phenoxy) is 13. The molecule has 0 radical (unpaired) electrons. The average Bonchev–Trinajstić information content (AvgIpc) is 3.40. The van der Waals surface area contributed by atoms with Gasteiger partial charge in [-0.05, 0) is 0 Å². The van der Waals surface area contributed by atoms with E-state index in [1.54, 1.807) is 0 Å². The van der Waals surface area contributed by atoms with Crippen molar-refractivity contribution in [3.63, 3.8) is 0 Å². The Labute approximate surface area is 450 Å². The van der Waals surface area contributed by atoms with Crippen molar-refractivity contribution >= 4 is 30.4 Å². The lowest BCUT2D eigenvalue weighted by molar-refractivity contribution is -0.405. The second kappa shape index (κ2) is 25.9. The quantitative estimate of drug-likeness (QED) is 0.0807. The summed E-state index contributed by atoms with van der Waals surface area (Å²) in [4.78, 5) is 0. The van der Waals surface area contributed by atoms with E-state index < -0.39 is 264 Å². The van der Waals surface area contributed by atoms with Crippen LogP contribution in [0, 0.1) is 0 Å². The van der Waals surface area contributed by atoms with Crippen LogP contribution in [0.1, 0.15) is 0 Å². The van der Waals surface area contributed by atoms with E-state index >= 15 is 0 Å². The molecule has 0 aliphatic carbocycles. The monoisotopic (exact) mass is 1240 g/mol. The third-order valence-electron chi connectivity index (χ3n) is 14.1. The van der Waals surface area contributed by atoms with Gasteiger partial charge in [0, 0.05) is 0 Å². The van der Waals surface area contributed by atoms with Crippen molar-refractivity contribution in [2.24, 2.45) is 0 Å². The summed E-state index contributed by atoms with van der Waals surface area (Å²) < 4.78 is 174. The Morgan fingerprint density at radius 2 is 0.500 bits per heavy atom. The molecule has 12 bridgehead atoms. The van der Waals surface area contributed by atoms with E-state index in [4.69, 9.17) is 61.6 Å². The first kappa shape index (κ1) is 66.1. The van der Waals surface area contributed by atoms with Gasteiger partial charge in [0.15, 0.2) is 37.7 Å². The second-order valence-corrected chi connectivity index (χ2v) is 24.2. The predicted molar refractivity (Wildman–Crippen MR) is 237 cm³/mol. The van der Waals surface area contributed by atoms with Crippen molar-refractivity contribution in [3.05, 3.63) is 0 Å². The minimum atomic E-state index is -6.81. The number of aliphatic hydroxyl groups is 17. The predicted octanol–water partition coefficient (Wildman–Crippen LogP) is -14.7. The van der Waals surface area contributed by atoms with Gasteiger partial charge in [-0.1, -0.05) is 0 Å². The maximum absolute atomic E-state index is 12.9. The second-order valence-electron chi connectivity index (χ2n) is 19.3. The van der Waals surface area contributed by atoms with Crippen molar-refractivity contribution in [1.29, 1.82) is 0 Å². The highest BCUT2D eigenvalue weighted by molar-refractivity contribution is 8.06. The van der Waals surface area contributed by atoms with Gasteiger partial charge >= 0.3 is 24.5 Å². The Kier molecular flexibility index (Phi) is 21.3. The average molecular weight is 1240 g/mol. The Morgan fingerprint density at radius 1 is 0.300 bits per heavy atom. The first-order chi connectivity index (χ1) is 37.3. The maximum Gasteiger partial charge on any atom is 0.337 e. The molecule has 0 aromatic carbocycles. The van der Waals surface area contributed by atoms with Gasteiger partial charge in [-0.3, -0.25) is 13.7 Å². The van der Waals surface area contributed by atoms with Crippen molar-refractivity contribution in [2.75, 3.05) is 45.4 Å². The van der Waals surface area contributed by atoms with E-state index in [-0.39, 0.29) is 0 Å². The van der Waals surface area contributed by atoms with Crippen LogP contribution in [-0.2, 0) is 91.9 Å². The minimum absolute atomic E-state index is 1.09. The number of hydrogen-bond acceptors (Lipinski definition) is 36. The molecule has 0 aromatic rings. The zero-order chi connectivity index (χ0) is 59.5. The van der Waals surface area contributed by atoms with Crippen LogP contribution in [0.5, 0.6) is 0 Å². The van der Waals surface area contributed by atoms with Gasteiger partial charge < -0.3 is 148 Å². The molecule has 22 heterocycles. The molecule has 39 nitrogen and oxygen atoms in total. The van der Waals surface area contributed by atoms with Crippen LogP contribution in [0.25, 0.3) is 0 Å². The summed E-state index contributed by atoms with van der Waals surface area (Å²) in [6.07, 6.45) is -69.1. The highest BCUT2D eigenvalue weighted by Gasteiger charge is 2.65. The fourth-order valence-electron chi connectivity index (χ4n) is 9.92. The fourth-order valence-corrected chi connectivity index (χ4v) is 14.0. The van der Waals surface area contributed by atoms with E-state index in [9.17, 15) is 126 Å². The third kappa shape index (κ3) is 13.0. The molecule has 468 valence electrons. The smallest absolute Gasteiger partial charge is 0.337 e. The summed E-state index contributed by atoms with van der Waals surface area (Å²) in [7, 11) is -19.7. The van der Waals surface area contributed by atoms with Crippen molar-refractivity contribution in [2.45, 2.75) is 189 Å². The van der Waals surface area contributed by atoms with Crippen LogP contribution < -0.4 is 0 Å².